The maximum Gasteiger partial charge on any atom is 0.262 e. The van der Waals surface area contributed by atoms with E-state index in [0.717, 1.165) is 11.4 Å². The molecule has 2 aromatic heterocycles. The summed E-state index contributed by atoms with van der Waals surface area (Å²) >= 11 is 1.21. The van der Waals surface area contributed by atoms with Gasteiger partial charge in [0.2, 0.25) is 5.91 Å². The summed E-state index contributed by atoms with van der Waals surface area (Å²) in [6, 6.07) is 18.9. The lowest BCUT2D eigenvalue weighted by atomic mass is 10.3. The van der Waals surface area contributed by atoms with E-state index >= 15 is 0 Å². The molecule has 8 heteroatoms. The highest BCUT2D eigenvalue weighted by Gasteiger charge is 2.22. The number of benzene rings is 2. The van der Waals surface area contributed by atoms with Gasteiger partial charge in [0.25, 0.3) is 5.56 Å². The highest BCUT2D eigenvalue weighted by atomic mass is 32.2. The molecule has 0 saturated heterocycles. The second-order valence-corrected chi connectivity index (χ2v) is 7.82. The molecular weight excluding hydrogens is 386 g/mol. The minimum absolute atomic E-state index is 0.0829. The van der Waals surface area contributed by atoms with Crippen molar-refractivity contribution in [1.29, 1.82) is 0 Å². The van der Waals surface area contributed by atoms with Crippen molar-refractivity contribution in [2.45, 2.75) is 17.3 Å². The van der Waals surface area contributed by atoms with Crippen molar-refractivity contribution in [2.24, 2.45) is 0 Å². The van der Waals surface area contributed by atoms with Crippen LogP contribution in [0.1, 0.15) is 6.92 Å². The van der Waals surface area contributed by atoms with Crippen LogP contribution in [0.3, 0.4) is 0 Å². The summed E-state index contributed by atoms with van der Waals surface area (Å²) in [7, 11) is 1.73. The number of hydrogen-bond acceptors (Lipinski definition) is 5. The third-order valence-corrected chi connectivity index (χ3v) is 5.50. The van der Waals surface area contributed by atoms with Crippen LogP contribution in [-0.2, 0) is 4.79 Å². The van der Waals surface area contributed by atoms with Crippen LogP contribution in [0.4, 0.5) is 5.69 Å². The normalized spacial score (nSPS) is 12.1. The van der Waals surface area contributed by atoms with Crippen LogP contribution >= 0.6 is 11.8 Å². The van der Waals surface area contributed by atoms with Crippen molar-refractivity contribution < 1.29 is 4.79 Å². The summed E-state index contributed by atoms with van der Waals surface area (Å²) in [5, 5.41) is 4.64. The lowest BCUT2D eigenvalue weighted by molar-refractivity contribution is -0.117. The highest BCUT2D eigenvalue weighted by Crippen LogP contribution is 2.24. The lowest BCUT2D eigenvalue weighted by Gasteiger charge is -2.20. The molecule has 4 rings (SSSR count). The van der Waals surface area contributed by atoms with E-state index in [-0.39, 0.29) is 11.5 Å². The molecule has 1 amide bonds. The SMILES string of the molecule is CC(Sc1nc2c(cnn2-c2ccccc2)c(=O)[nH]1)C(=O)N(C)c1ccccc1. The molecule has 1 unspecified atom stereocenters. The van der Waals surface area contributed by atoms with Gasteiger partial charge in [0, 0.05) is 12.7 Å². The number of aromatic amines is 1. The second-order valence-electron chi connectivity index (χ2n) is 6.49. The Morgan fingerprint density at radius 2 is 1.76 bits per heavy atom. The number of rotatable bonds is 5. The average Bonchev–Trinajstić information content (AvgIpc) is 3.18. The van der Waals surface area contributed by atoms with E-state index in [0.29, 0.717) is 16.2 Å². The Kier molecular flexibility index (Phi) is 5.18. The van der Waals surface area contributed by atoms with E-state index < -0.39 is 5.25 Å². The summed E-state index contributed by atoms with van der Waals surface area (Å²) < 4.78 is 1.62. The summed E-state index contributed by atoms with van der Waals surface area (Å²) in [5.74, 6) is -0.0829. The standard InChI is InChI=1S/C21H19N5O2S/c1-14(20(28)25(2)15-9-5-3-6-10-15)29-21-23-18-17(19(27)24-21)13-22-26(18)16-11-7-4-8-12-16/h3-14H,1-2H3,(H,23,24,27). The Morgan fingerprint density at radius 3 is 2.45 bits per heavy atom. The van der Waals surface area contributed by atoms with E-state index in [4.69, 9.17) is 0 Å². The van der Waals surface area contributed by atoms with Crippen molar-refractivity contribution in [3.8, 4) is 5.69 Å². The summed E-state index contributed by atoms with van der Waals surface area (Å²) in [4.78, 5) is 34.2. The number of H-pyrrole nitrogens is 1. The van der Waals surface area contributed by atoms with Gasteiger partial charge in [-0.05, 0) is 31.2 Å². The smallest absolute Gasteiger partial charge is 0.262 e. The fraction of sp³-hybridized carbons (Fsp3) is 0.143. The topological polar surface area (TPSA) is 83.9 Å². The largest absolute Gasteiger partial charge is 0.315 e. The zero-order valence-electron chi connectivity index (χ0n) is 15.9. The van der Waals surface area contributed by atoms with Crippen molar-refractivity contribution in [2.75, 3.05) is 11.9 Å². The fourth-order valence-electron chi connectivity index (χ4n) is 2.98. The quantitative estimate of drug-likeness (QED) is 0.407. The molecule has 7 nitrogen and oxygen atoms in total. The predicted molar refractivity (Wildman–Crippen MR) is 115 cm³/mol. The van der Waals surface area contributed by atoms with Gasteiger partial charge in [-0.3, -0.25) is 9.59 Å². The maximum atomic E-state index is 12.8. The minimum atomic E-state index is -0.436. The number of nitrogens with one attached hydrogen (secondary N) is 1. The molecule has 2 heterocycles. The molecule has 0 saturated carbocycles. The number of carbonyl (C=O) groups excluding carboxylic acids is 1. The van der Waals surface area contributed by atoms with Gasteiger partial charge >= 0.3 is 0 Å². The molecule has 0 aliphatic rings. The molecule has 0 fully saturated rings. The first-order chi connectivity index (χ1) is 14.0. The first-order valence-electron chi connectivity index (χ1n) is 9.07. The van der Waals surface area contributed by atoms with E-state index in [2.05, 4.69) is 15.1 Å². The lowest BCUT2D eigenvalue weighted by Crippen LogP contribution is -2.33. The van der Waals surface area contributed by atoms with E-state index in [1.54, 1.807) is 23.6 Å². The Hall–Kier alpha value is -3.39. The third kappa shape index (κ3) is 3.79. The summed E-state index contributed by atoms with van der Waals surface area (Å²) in [6.07, 6.45) is 1.50. The van der Waals surface area contributed by atoms with Gasteiger partial charge in [-0.15, -0.1) is 0 Å². The number of amides is 1. The Balaban J connectivity index is 1.63. The van der Waals surface area contributed by atoms with Gasteiger partial charge in [0.1, 0.15) is 5.39 Å². The van der Waals surface area contributed by atoms with Crippen LogP contribution in [0.15, 0.2) is 76.8 Å². The molecule has 0 aliphatic carbocycles. The number of nitrogens with zero attached hydrogens (tertiary/aromatic N) is 4. The molecule has 0 aliphatic heterocycles. The van der Waals surface area contributed by atoms with Crippen LogP contribution in [-0.4, -0.2) is 38.0 Å². The van der Waals surface area contributed by atoms with Gasteiger partial charge in [-0.25, -0.2) is 9.67 Å². The van der Waals surface area contributed by atoms with Crippen LogP contribution in [0, 0.1) is 0 Å². The zero-order chi connectivity index (χ0) is 20.4. The third-order valence-electron chi connectivity index (χ3n) is 4.53. The molecule has 0 radical (unpaired) electrons. The number of para-hydroxylation sites is 2. The number of fused-ring (bicyclic) bond motifs is 1. The Bertz CT molecular complexity index is 1200. The first kappa shape index (κ1) is 18.9. The van der Waals surface area contributed by atoms with E-state index in [1.165, 1.54) is 18.0 Å². The summed E-state index contributed by atoms with van der Waals surface area (Å²) in [5.41, 5.74) is 1.79. The number of thioether (sulfide) groups is 1. The molecule has 146 valence electrons. The monoisotopic (exact) mass is 405 g/mol. The van der Waals surface area contributed by atoms with Crippen LogP contribution in [0.25, 0.3) is 16.7 Å². The zero-order valence-corrected chi connectivity index (χ0v) is 16.8. The minimum Gasteiger partial charge on any atom is -0.315 e. The average molecular weight is 405 g/mol. The van der Waals surface area contributed by atoms with Gasteiger partial charge in [-0.2, -0.15) is 5.10 Å². The van der Waals surface area contributed by atoms with Crippen LogP contribution in [0.5, 0.6) is 0 Å². The number of anilines is 1. The molecule has 1 N–H and O–H groups in total. The Morgan fingerprint density at radius 1 is 1.10 bits per heavy atom. The summed E-state index contributed by atoms with van der Waals surface area (Å²) in [6.45, 7) is 1.80. The molecular formula is C21H19N5O2S. The van der Waals surface area contributed by atoms with Gasteiger partial charge in [0.05, 0.1) is 17.1 Å². The Labute approximate surface area is 171 Å². The number of hydrogen-bond donors (Lipinski definition) is 1. The highest BCUT2D eigenvalue weighted by molar-refractivity contribution is 8.00. The van der Waals surface area contributed by atoms with E-state index in [1.807, 2.05) is 60.7 Å². The molecule has 29 heavy (non-hydrogen) atoms. The molecule has 1 atom stereocenters. The maximum absolute atomic E-state index is 12.8. The molecule has 4 aromatic rings. The van der Waals surface area contributed by atoms with Crippen molar-refractivity contribution >= 4 is 34.4 Å². The molecule has 0 spiro atoms. The first-order valence-corrected chi connectivity index (χ1v) is 9.95. The number of carbonyl (C=O) groups is 1. The predicted octanol–water partition coefficient (Wildman–Crippen LogP) is 3.25. The second kappa shape index (κ2) is 7.92. The van der Waals surface area contributed by atoms with Gasteiger partial charge < -0.3 is 9.88 Å². The van der Waals surface area contributed by atoms with E-state index in [9.17, 15) is 9.59 Å². The van der Waals surface area contributed by atoms with Gasteiger partial charge in [-0.1, -0.05) is 48.2 Å². The van der Waals surface area contributed by atoms with Crippen LogP contribution in [0.2, 0.25) is 0 Å². The fourth-order valence-corrected chi connectivity index (χ4v) is 3.87. The molecule has 0 bridgehead atoms. The van der Waals surface area contributed by atoms with Crippen molar-refractivity contribution in [3.63, 3.8) is 0 Å². The van der Waals surface area contributed by atoms with Crippen molar-refractivity contribution in [3.05, 3.63) is 77.2 Å². The molecule has 2 aromatic carbocycles. The van der Waals surface area contributed by atoms with Crippen molar-refractivity contribution in [1.82, 2.24) is 19.7 Å². The van der Waals surface area contributed by atoms with Crippen LogP contribution < -0.4 is 10.5 Å². The number of aromatic nitrogens is 4. The van der Waals surface area contributed by atoms with Gasteiger partial charge in [0.15, 0.2) is 10.8 Å².